The van der Waals surface area contributed by atoms with Crippen LogP contribution in [-0.2, 0) is 6.42 Å². The maximum Gasteiger partial charge on any atom is 0.190 e. The molecule has 0 aromatic carbocycles. The number of hydrogen-bond acceptors (Lipinski definition) is 2. The van der Waals surface area contributed by atoms with Crippen molar-refractivity contribution >= 4 is 57.2 Å². The summed E-state index contributed by atoms with van der Waals surface area (Å²) in [7, 11) is 1.81. The van der Waals surface area contributed by atoms with Gasteiger partial charge in [-0.25, -0.2) is 0 Å². The third-order valence-corrected chi connectivity index (χ3v) is 4.21. The molecule has 19 heavy (non-hydrogen) atoms. The van der Waals surface area contributed by atoms with Crippen molar-refractivity contribution in [3.8, 4) is 0 Å². The molecule has 1 aromatic heterocycles. The van der Waals surface area contributed by atoms with Crippen LogP contribution >= 0.6 is 51.2 Å². The van der Waals surface area contributed by atoms with Gasteiger partial charge in [-0.3, -0.25) is 4.99 Å². The summed E-state index contributed by atoms with van der Waals surface area (Å²) in [6.45, 7) is 6.34. The van der Waals surface area contributed by atoms with Crippen molar-refractivity contribution in [2.45, 2.75) is 26.7 Å². The van der Waals surface area contributed by atoms with Gasteiger partial charge < -0.3 is 10.6 Å². The fourth-order valence-corrected chi connectivity index (χ4v) is 2.97. The minimum Gasteiger partial charge on any atom is -0.356 e. The molecule has 1 rings (SSSR count). The molecule has 0 bridgehead atoms. The first-order chi connectivity index (χ1) is 8.61. The molecule has 0 unspecified atom stereocenters. The summed E-state index contributed by atoms with van der Waals surface area (Å²) in [6, 6.07) is 4.25. The summed E-state index contributed by atoms with van der Waals surface area (Å²) < 4.78 is 1.19. The smallest absolute Gasteiger partial charge is 0.190 e. The number of guanidine groups is 1. The molecule has 0 saturated heterocycles. The standard InChI is InChI=1S/C13H22BrN3S.HI/c1-10(2)6-8-16-13(15-3)17-9-7-11-4-5-12(14)18-11;/h4-5,10H,6-9H2,1-3H3,(H2,15,16,17);1H. The molecule has 3 nitrogen and oxygen atoms in total. The van der Waals surface area contributed by atoms with E-state index in [0.717, 1.165) is 31.4 Å². The summed E-state index contributed by atoms with van der Waals surface area (Å²) in [6.07, 6.45) is 2.19. The maximum absolute atomic E-state index is 4.21. The lowest BCUT2D eigenvalue weighted by Gasteiger charge is -2.12. The summed E-state index contributed by atoms with van der Waals surface area (Å²) in [5.74, 6) is 1.62. The number of hydrogen-bond donors (Lipinski definition) is 2. The Kier molecular flexibility index (Phi) is 11.0. The molecule has 1 heterocycles. The lowest BCUT2D eigenvalue weighted by molar-refractivity contribution is 0.574. The van der Waals surface area contributed by atoms with Gasteiger partial charge in [-0.05, 0) is 46.8 Å². The highest BCUT2D eigenvalue weighted by atomic mass is 127. The Morgan fingerprint density at radius 3 is 2.53 bits per heavy atom. The highest BCUT2D eigenvalue weighted by Gasteiger charge is 2.00. The van der Waals surface area contributed by atoms with Crippen molar-refractivity contribution in [3.63, 3.8) is 0 Å². The molecule has 6 heteroatoms. The Morgan fingerprint density at radius 1 is 1.32 bits per heavy atom. The number of nitrogens with one attached hydrogen (secondary N) is 2. The van der Waals surface area contributed by atoms with E-state index in [0.29, 0.717) is 0 Å². The normalized spacial score (nSPS) is 11.3. The molecule has 2 N–H and O–H groups in total. The first-order valence-corrected chi connectivity index (χ1v) is 7.91. The van der Waals surface area contributed by atoms with Gasteiger partial charge >= 0.3 is 0 Å². The molecule has 0 aliphatic rings. The number of aliphatic imine (C=N–C) groups is 1. The molecular formula is C13H23BrIN3S. The Hall–Kier alpha value is 0.180. The highest BCUT2D eigenvalue weighted by Crippen LogP contribution is 2.21. The van der Waals surface area contributed by atoms with Crippen LogP contribution in [0.15, 0.2) is 20.9 Å². The molecule has 0 aliphatic heterocycles. The Balaban J connectivity index is 0.00000324. The first kappa shape index (κ1) is 19.2. The Labute approximate surface area is 145 Å². The van der Waals surface area contributed by atoms with E-state index in [9.17, 15) is 0 Å². The van der Waals surface area contributed by atoms with Gasteiger partial charge in [-0.15, -0.1) is 35.3 Å². The zero-order valence-electron chi connectivity index (χ0n) is 11.7. The predicted octanol–water partition coefficient (Wildman–Crippen LogP) is 3.88. The summed E-state index contributed by atoms with van der Waals surface area (Å²) >= 11 is 5.26. The van der Waals surface area contributed by atoms with Crippen molar-refractivity contribution in [2.75, 3.05) is 20.1 Å². The van der Waals surface area contributed by atoms with E-state index in [1.807, 2.05) is 7.05 Å². The molecule has 0 fully saturated rings. The zero-order valence-corrected chi connectivity index (χ0v) is 16.4. The third kappa shape index (κ3) is 8.86. The molecule has 0 aliphatic carbocycles. The second-order valence-corrected chi connectivity index (χ2v) is 7.11. The van der Waals surface area contributed by atoms with E-state index >= 15 is 0 Å². The fourth-order valence-electron chi connectivity index (χ4n) is 1.49. The molecule has 0 radical (unpaired) electrons. The van der Waals surface area contributed by atoms with Gasteiger partial charge in [0, 0.05) is 25.0 Å². The monoisotopic (exact) mass is 459 g/mol. The SMILES string of the molecule is CN=C(NCCc1ccc(Br)s1)NCCC(C)C.I. The molecule has 0 saturated carbocycles. The average molecular weight is 460 g/mol. The molecule has 0 atom stereocenters. The van der Waals surface area contributed by atoms with Crippen LogP contribution in [0.3, 0.4) is 0 Å². The number of rotatable bonds is 6. The van der Waals surface area contributed by atoms with Crippen LogP contribution in [0.5, 0.6) is 0 Å². The lowest BCUT2D eigenvalue weighted by atomic mass is 10.1. The first-order valence-electron chi connectivity index (χ1n) is 6.30. The van der Waals surface area contributed by atoms with E-state index in [-0.39, 0.29) is 24.0 Å². The topological polar surface area (TPSA) is 36.4 Å². The Morgan fingerprint density at radius 2 is 2.00 bits per heavy atom. The number of halogens is 2. The number of nitrogens with zero attached hydrogens (tertiary/aromatic N) is 1. The minimum absolute atomic E-state index is 0. The molecule has 0 spiro atoms. The van der Waals surface area contributed by atoms with Crippen molar-refractivity contribution in [1.29, 1.82) is 0 Å². The summed E-state index contributed by atoms with van der Waals surface area (Å²) in [5, 5.41) is 6.66. The lowest BCUT2D eigenvalue weighted by Crippen LogP contribution is -2.38. The van der Waals surface area contributed by atoms with Gasteiger partial charge in [0.2, 0.25) is 0 Å². The van der Waals surface area contributed by atoms with Crippen molar-refractivity contribution in [3.05, 3.63) is 20.8 Å². The molecular weight excluding hydrogens is 437 g/mol. The van der Waals surface area contributed by atoms with Crippen LogP contribution in [0.25, 0.3) is 0 Å². The molecule has 110 valence electrons. The second kappa shape index (κ2) is 10.9. The van der Waals surface area contributed by atoms with E-state index in [1.54, 1.807) is 11.3 Å². The number of thiophene rings is 1. The Bertz CT molecular complexity index is 380. The van der Waals surface area contributed by atoms with Gasteiger partial charge in [0.1, 0.15) is 0 Å². The second-order valence-electron chi connectivity index (χ2n) is 4.56. The molecule has 1 aromatic rings. The van der Waals surface area contributed by atoms with Crippen LogP contribution in [0.1, 0.15) is 25.1 Å². The van der Waals surface area contributed by atoms with Gasteiger partial charge in [0.15, 0.2) is 5.96 Å². The van der Waals surface area contributed by atoms with Gasteiger partial charge in [-0.1, -0.05) is 13.8 Å². The minimum atomic E-state index is 0. The predicted molar refractivity (Wildman–Crippen MR) is 100.0 cm³/mol. The molecule has 0 amide bonds. The van der Waals surface area contributed by atoms with Crippen LogP contribution in [0.4, 0.5) is 0 Å². The van der Waals surface area contributed by atoms with Crippen molar-refractivity contribution in [2.24, 2.45) is 10.9 Å². The maximum atomic E-state index is 4.21. The average Bonchev–Trinajstić information content (AvgIpc) is 2.72. The van der Waals surface area contributed by atoms with Gasteiger partial charge in [0.25, 0.3) is 0 Å². The van der Waals surface area contributed by atoms with E-state index in [1.165, 1.54) is 15.1 Å². The summed E-state index contributed by atoms with van der Waals surface area (Å²) in [4.78, 5) is 5.59. The van der Waals surface area contributed by atoms with E-state index in [2.05, 4.69) is 57.5 Å². The van der Waals surface area contributed by atoms with Crippen LogP contribution < -0.4 is 10.6 Å². The van der Waals surface area contributed by atoms with Crippen molar-refractivity contribution < 1.29 is 0 Å². The van der Waals surface area contributed by atoms with Crippen molar-refractivity contribution in [1.82, 2.24) is 10.6 Å². The van der Waals surface area contributed by atoms with Crippen LogP contribution in [-0.4, -0.2) is 26.1 Å². The summed E-state index contributed by atoms with van der Waals surface area (Å²) in [5.41, 5.74) is 0. The van der Waals surface area contributed by atoms with Crippen LogP contribution in [0.2, 0.25) is 0 Å². The van der Waals surface area contributed by atoms with Gasteiger partial charge in [-0.2, -0.15) is 0 Å². The highest BCUT2D eigenvalue weighted by molar-refractivity contribution is 14.0. The largest absolute Gasteiger partial charge is 0.356 e. The van der Waals surface area contributed by atoms with E-state index < -0.39 is 0 Å². The van der Waals surface area contributed by atoms with E-state index in [4.69, 9.17) is 0 Å². The van der Waals surface area contributed by atoms with Gasteiger partial charge in [0.05, 0.1) is 3.79 Å². The quantitative estimate of drug-likeness (QED) is 0.384. The zero-order chi connectivity index (χ0) is 13.4. The fraction of sp³-hybridized carbons (Fsp3) is 0.615. The third-order valence-electron chi connectivity index (χ3n) is 2.53. The van der Waals surface area contributed by atoms with Crippen LogP contribution in [0, 0.1) is 5.92 Å².